The molecule has 0 unspecified atom stereocenters. The highest BCUT2D eigenvalue weighted by Gasteiger charge is 2.23. The summed E-state index contributed by atoms with van der Waals surface area (Å²) in [6, 6.07) is 0.415. The van der Waals surface area contributed by atoms with E-state index in [-0.39, 0.29) is 0 Å². The molecule has 1 amide bonds. The first kappa shape index (κ1) is 23.7. The van der Waals surface area contributed by atoms with Crippen LogP contribution in [0.2, 0.25) is 0 Å². The Morgan fingerprint density at radius 3 is 1.74 bits per heavy atom. The number of amides is 1. The minimum Gasteiger partial charge on any atom is -0.480 e. The molecule has 2 saturated carbocycles. The van der Waals surface area contributed by atoms with E-state index in [9.17, 15) is 9.59 Å². The molecule has 0 bridgehead atoms. The molecule has 2 aliphatic rings. The molecule has 158 valence electrons. The van der Waals surface area contributed by atoms with Gasteiger partial charge < -0.3 is 25.6 Å². The summed E-state index contributed by atoms with van der Waals surface area (Å²) in [4.78, 5) is 21.4. The number of ether oxygens (including phenoxy) is 1. The molecule has 1 atom stereocenters. The number of hydrogen-bond donors (Lipinski definition) is 4. The Kier molecular flexibility index (Phi) is 10.7. The Bertz CT molecular complexity index is 422. The van der Waals surface area contributed by atoms with Gasteiger partial charge in [-0.2, -0.15) is 0 Å². The molecule has 0 aliphatic heterocycles. The third-order valence-corrected chi connectivity index (χ3v) is 4.85. The van der Waals surface area contributed by atoms with Gasteiger partial charge in [0.1, 0.15) is 5.60 Å². The van der Waals surface area contributed by atoms with Crippen LogP contribution in [0.3, 0.4) is 0 Å². The maximum absolute atomic E-state index is 11.0. The van der Waals surface area contributed by atoms with Crippen molar-refractivity contribution in [2.24, 2.45) is 0 Å². The molecule has 0 heterocycles. The smallest absolute Gasteiger partial charge is 0.408 e. The second-order valence-electron chi connectivity index (χ2n) is 8.56. The van der Waals surface area contributed by atoms with Crippen molar-refractivity contribution in [2.75, 3.05) is 6.61 Å². The van der Waals surface area contributed by atoms with Crippen molar-refractivity contribution < 1.29 is 24.5 Å². The Morgan fingerprint density at radius 1 is 0.963 bits per heavy atom. The lowest BCUT2D eigenvalue weighted by Gasteiger charge is -2.30. The zero-order valence-corrected chi connectivity index (χ0v) is 17.1. The lowest BCUT2D eigenvalue weighted by atomic mass is 9.91. The Balaban J connectivity index is 0.000000270. The van der Waals surface area contributed by atoms with Crippen molar-refractivity contribution >= 4 is 12.1 Å². The number of aliphatic hydroxyl groups excluding tert-OH is 1. The standard InChI is InChI=1S/C12H23N.C8H15NO5/c1-3-7-11(8-4-1)13-12-9-5-2-6-10-12;1-8(2,3)14-7(13)9-5(4-10)6(11)12/h11-13H,1-10H2;5,10H,4H2,1-3H3,(H,9,13)(H,11,12)/t;5-/m.1/s1. The van der Waals surface area contributed by atoms with E-state index in [4.69, 9.17) is 14.9 Å². The second kappa shape index (κ2) is 12.2. The van der Waals surface area contributed by atoms with Gasteiger partial charge in [0.25, 0.3) is 0 Å². The summed E-state index contributed by atoms with van der Waals surface area (Å²) in [6.45, 7) is 4.29. The summed E-state index contributed by atoms with van der Waals surface area (Å²) in [7, 11) is 0. The minimum absolute atomic E-state index is 0.672. The number of carboxylic acid groups (broad SMARTS) is 1. The third kappa shape index (κ3) is 11.2. The van der Waals surface area contributed by atoms with Crippen molar-refractivity contribution in [1.82, 2.24) is 10.6 Å². The Morgan fingerprint density at radius 2 is 1.41 bits per heavy atom. The molecule has 0 aromatic carbocycles. The Labute approximate surface area is 163 Å². The molecule has 0 radical (unpaired) electrons. The predicted octanol–water partition coefficient (Wildman–Crippen LogP) is 3.20. The maximum Gasteiger partial charge on any atom is 0.408 e. The lowest BCUT2D eigenvalue weighted by molar-refractivity contribution is -0.140. The van der Waals surface area contributed by atoms with Gasteiger partial charge in [-0.25, -0.2) is 9.59 Å². The number of carbonyl (C=O) groups excluding carboxylic acids is 1. The molecular formula is C20H38N2O5. The monoisotopic (exact) mass is 386 g/mol. The quantitative estimate of drug-likeness (QED) is 0.578. The van der Waals surface area contributed by atoms with Crippen LogP contribution in [0.25, 0.3) is 0 Å². The van der Waals surface area contributed by atoms with Crippen LogP contribution in [0, 0.1) is 0 Å². The molecule has 7 heteroatoms. The second-order valence-corrected chi connectivity index (χ2v) is 8.56. The molecule has 27 heavy (non-hydrogen) atoms. The van der Waals surface area contributed by atoms with E-state index in [0.29, 0.717) is 0 Å². The van der Waals surface area contributed by atoms with Crippen molar-refractivity contribution in [3.05, 3.63) is 0 Å². The summed E-state index contributed by atoms with van der Waals surface area (Å²) in [5.41, 5.74) is -0.692. The highest BCUT2D eigenvalue weighted by Crippen LogP contribution is 2.22. The van der Waals surface area contributed by atoms with Gasteiger partial charge in [0, 0.05) is 12.1 Å². The zero-order chi connectivity index (χ0) is 20.3. The van der Waals surface area contributed by atoms with Crippen LogP contribution in [-0.2, 0) is 9.53 Å². The molecule has 2 aliphatic carbocycles. The van der Waals surface area contributed by atoms with Crippen LogP contribution in [-0.4, -0.2) is 52.6 Å². The maximum atomic E-state index is 11.0. The largest absolute Gasteiger partial charge is 0.480 e. The molecule has 0 aromatic heterocycles. The van der Waals surface area contributed by atoms with Crippen molar-refractivity contribution in [3.8, 4) is 0 Å². The van der Waals surface area contributed by atoms with Crippen LogP contribution in [0.1, 0.15) is 85.0 Å². The zero-order valence-electron chi connectivity index (χ0n) is 17.1. The summed E-state index contributed by atoms with van der Waals surface area (Å²) < 4.78 is 4.80. The fraction of sp³-hybridized carbons (Fsp3) is 0.900. The summed E-state index contributed by atoms with van der Waals surface area (Å²) >= 11 is 0. The number of aliphatic carboxylic acids is 1. The average Bonchev–Trinajstić information content (AvgIpc) is 2.60. The van der Waals surface area contributed by atoms with E-state index >= 15 is 0 Å². The fourth-order valence-corrected chi connectivity index (χ4v) is 3.51. The van der Waals surface area contributed by atoms with E-state index in [1.807, 2.05) is 5.32 Å². The van der Waals surface area contributed by atoms with Crippen molar-refractivity contribution in [1.29, 1.82) is 0 Å². The molecule has 4 N–H and O–H groups in total. The van der Waals surface area contributed by atoms with Gasteiger partial charge in [-0.3, -0.25) is 0 Å². The van der Waals surface area contributed by atoms with Crippen molar-refractivity contribution in [3.63, 3.8) is 0 Å². The van der Waals surface area contributed by atoms with Crippen LogP contribution < -0.4 is 10.6 Å². The fourth-order valence-electron chi connectivity index (χ4n) is 3.51. The van der Waals surface area contributed by atoms with E-state index in [2.05, 4.69) is 5.32 Å². The summed E-state index contributed by atoms with van der Waals surface area (Å²) in [6.07, 6.45) is 13.7. The normalized spacial score (nSPS) is 20.1. The molecule has 0 saturated heterocycles. The highest BCUT2D eigenvalue weighted by atomic mass is 16.6. The van der Waals surface area contributed by atoms with E-state index < -0.39 is 30.3 Å². The van der Waals surface area contributed by atoms with Crippen LogP contribution in [0.5, 0.6) is 0 Å². The van der Waals surface area contributed by atoms with E-state index in [0.717, 1.165) is 12.1 Å². The topological polar surface area (TPSA) is 108 Å². The average molecular weight is 387 g/mol. The third-order valence-electron chi connectivity index (χ3n) is 4.85. The first-order valence-corrected chi connectivity index (χ1v) is 10.3. The number of carboxylic acids is 1. The number of rotatable bonds is 5. The Hall–Kier alpha value is -1.34. The number of carbonyl (C=O) groups is 2. The molecular weight excluding hydrogens is 348 g/mol. The number of alkyl carbamates (subject to hydrolysis) is 1. The summed E-state index contributed by atoms with van der Waals surface area (Å²) in [5, 5.41) is 23.0. The number of aliphatic hydroxyl groups is 1. The summed E-state index contributed by atoms with van der Waals surface area (Å²) in [5.74, 6) is -1.31. The predicted molar refractivity (Wildman–Crippen MR) is 105 cm³/mol. The van der Waals surface area contributed by atoms with Gasteiger partial charge in [-0.1, -0.05) is 38.5 Å². The van der Waals surface area contributed by atoms with Gasteiger partial charge in [-0.15, -0.1) is 0 Å². The SMILES string of the molecule is C1CCC(NC2CCCCC2)CC1.CC(C)(C)OC(=O)N[C@H](CO)C(=O)O. The van der Waals surface area contributed by atoms with Gasteiger partial charge in [0.2, 0.25) is 0 Å². The molecule has 0 spiro atoms. The first-order valence-electron chi connectivity index (χ1n) is 10.3. The van der Waals surface area contributed by atoms with E-state index in [1.54, 1.807) is 20.8 Å². The molecule has 7 nitrogen and oxygen atoms in total. The highest BCUT2D eigenvalue weighted by molar-refractivity contribution is 5.80. The molecule has 2 rings (SSSR count). The number of nitrogens with one attached hydrogen (secondary N) is 2. The van der Waals surface area contributed by atoms with E-state index in [1.165, 1.54) is 64.2 Å². The first-order chi connectivity index (χ1) is 12.7. The van der Waals surface area contributed by atoms with Crippen molar-refractivity contribution in [2.45, 2.75) is 109 Å². The molecule has 0 aromatic rings. The lowest BCUT2D eigenvalue weighted by Crippen LogP contribution is -2.45. The van der Waals surface area contributed by atoms with Gasteiger partial charge >= 0.3 is 12.1 Å². The van der Waals surface area contributed by atoms with Gasteiger partial charge in [0.05, 0.1) is 6.61 Å². The minimum atomic E-state index is -1.33. The van der Waals surface area contributed by atoms with Crippen LogP contribution in [0.15, 0.2) is 0 Å². The van der Waals surface area contributed by atoms with Crippen LogP contribution in [0.4, 0.5) is 4.79 Å². The number of hydrogen-bond acceptors (Lipinski definition) is 5. The van der Waals surface area contributed by atoms with Gasteiger partial charge in [0.15, 0.2) is 6.04 Å². The van der Waals surface area contributed by atoms with Gasteiger partial charge in [-0.05, 0) is 46.5 Å². The molecule has 2 fully saturated rings. The van der Waals surface area contributed by atoms with Crippen LogP contribution >= 0.6 is 0 Å².